The first kappa shape index (κ1) is 36.2. The molecule has 6 heteroatoms. The van der Waals surface area contributed by atoms with Crippen molar-refractivity contribution in [2.75, 3.05) is 0 Å². The van der Waals surface area contributed by atoms with Crippen LogP contribution in [0.5, 0.6) is 17.2 Å². The van der Waals surface area contributed by atoms with Crippen molar-refractivity contribution < 1.29 is 29.3 Å². The van der Waals surface area contributed by atoms with Gasteiger partial charge in [-0.05, 0) is 111 Å². The van der Waals surface area contributed by atoms with Gasteiger partial charge in [0.15, 0.2) is 0 Å². The zero-order valence-corrected chi connectivity index (χ0v) is 28.6. The van der Waals surface area contributed by atoms with Crippen molar-refractivity contribution in [3.63, 3.8) is 0 Å². The molecule has 0 aromatic heterocycles. The van der Waals surface area contributed by atoms with Gasteiger partial charge in [-0.1, -0.05) is 76.2 Å². The minimum absolute atomic E-state index is 0.102. The van der Waals surface area contributed by atoms with Crippen LogP contribution in [0.15, 0.2) is 84.9 Å². The average molecular weight is 627 g/mol. The third kappa shape index (κ3) is 9.35. The fourth-order valence-corrected chi connectivity index (χ4v) is 4.68. The van der Waals surface area contributed by atoms with E-state index < -0.39 is 10.8 Å². The number of carbonyl (C=O) groups excluding carboxylic acids is 2. The van der Waals surface area contributed by atoms with Gasteiger partial charge in [-0.25, -0.2) is 0 Å². The second-order valence-electron chi connectivity index (χ2n) is 13.2. The summed E-state index contributed by atoms with van der Waals surface area (Å²) < 4.78 is 11.0. The third-order valence-corrected chi connectivity index (χ3v) is 9.02. The lowest BCUT2D eigenvalue weighted by molar-refractivity contribution is -0.160. The van der Waals surface area contributed by atoms with Crippen LogP contribution in [-0.4, -0.2) is 22.2 Å². The van der Waals surface area contributed by atoms with Gasteiger partial charge >= 0.3 is 11.9 Å². The van der Waals surface area contributed by atoms with Crippen molar-refractivity contribution in [3.8, 4) is 17.2 Å². The summed E-state index contributed by atoms with van der Waals surface area (Å²) in [6, 6.07) is 26.1. The molecule has 4 aromatic rings. The number of phenolic OH excluding ortho intramolecular Hbond substituents is 2. The van der Waals surface area contributed by atoms with Gasteiger partial charge in [-0.3, -0.25) is 9.59 Å². The lowest BCUT2D eigenvalue weighted by Crippen LogP contribution is -2.28. The van der Waals surface area contributed by atoms with E-state index in [1.54, 1.807) is 24.3 Å². The molecule has 0 amide bonds. The Hall–Kier alpha value is -4.32. The smallest absolute Gasteiger partial charge is 0.316 e. The Balaban J connectivity index is 0.000000197. The molecule has 5 rings (SSSR count). The van der Waals surface area contributed by atoms with Crippen molar-refractivity contribution in [1.29, 1.82) is 0 Å². The van der Waals surface area contributed by atoms with Crippen molar-refractivity contribution in [2.45, 2.75) is 93.1 Å². The third-order valence-electron chi connectivity index (χ3n) is 9.02. The summed E-state index contributed by atoms with van der Waals surface area (Å²) in [7, 11) is 0. The van der Waals surface area contributed by atoms with E-state index in [0.29, 0.717) is 17.4 Å². The molecule has 2 N–H and O–H groups in total. The Kier molecular flexibility index (Phi) is 12.4. The molecule has 0 radical (unpaired) electrons. The maximum atomic E-state index is 12.3. The Morgan fingerprint density at radius 1 is 0.761 bits per heavy atom. The number of hydrogen-bond donors (Lipinski definition) is 2. The second kappa shape index (κ2) is 15.8. The van der Waals surface area contributed by atoms with Gasteiger partial charge in [0.2, 0.25) is 0 Å². The predicted molar refractivity (Wildman–Crippen MR) is 185 cm³/mol. The summed E-state index contributed by atoms with van der Waals surface area (Å²) in [5, 5.41) is 20.6. The summed E-state index contributed by atoms with van der Waals surface area (Å²) in [5.74, 6) is 1.20. The van der Waals surface area contributed by atoms with Crippen LogP contribution in [0.1, 0.15) is 103 Å². The highest BCUT2D eigenvalue weighted by Gasteiger charge is 2.33. The monoisotopic (exact) mass is 626 g/mol. The Morgan fingerprint density at radius 3 is 1.83 bits per heavy atom. The first-order chi connectivity index (χ1) is 21.7. The van der Waals surface area contributed by atoms with Crippen LogP contribution in [0.3, 0.4) is 0 Å². The standard InChI is InChI=1S/C18H20O2.C12H16O3.C10H14O/c1-4-18(2,3)17(19)20-15-11-13-9-5-7-12-8-6-10-14(15)16(12)13;1-4-12(2,3)11(14)15-10-7-5-9(13)6-8-10;1-3-8(2)9-4-6-10(11)7-5-9/h5-10,15H,4,11H2,1-3H3;5-8,13H,4H2,1-3H3;4-8,11H,3H2,1-2H3. The zero-order chi connectivity index (χ0) is 34.1. The molecule has 0 saturated carbocycles. The summed E-state index contributed by atoms with van der Waals surface area (Å²) in [5.41, 5.74) is 2.84. The summed E-state index contributed by atoms with van der Waals surface area (Å²) in [6.07, 6.45) is 3.32. The highest BCUT2D eigenvalue weighted by molar-refractivity contribution is 5.91. The maximum Gasteiger partial charge on any atom is 0.316 e. The van der Waals surface area contributed by atoms with Gasteiger partial charge in [-0.15, -0.1) is 0 Å². The molecule has 1 aliphatic carbocycles. The number of ether oxygens (including phenoxy) is 2. The number of aromatic hydroxyl groups is 2. The Labute approximate surface area is 274 Å². The molecule has 1 aliphatic rings. The van der Waals surface area contributed by atoms with E-state index in [0.717, 1.165) is 31.2 Å². The molecule has 0 bridgehead atoms. The average Bonchev–Trinajstić information content (AvgIpc) is 3.41. The minimum Gasteiger partial charge on any atom is -0.508 e. The van der Waals surface area contributed by atoms with Crippen LogP contribution in [0, 0.1) is 10.8 Å². The Bertz CT molecular complexity index is 1580. The van der Waals surface area contributed by atoms with Gasteiger partial charge in [0.25, 0.3) is 0 Å². The molecule has 46 heavy (non-hydrogen) atoms. The molecule has 4 aromatic carbocycles. The van der Waals surface area contributed by atoms with Crippen LogP contribution < -0.4 is 4.74 Å². The number of rotatable bonds is 8. The fourth-order valence-electron chi connectivity index (χ4n) is 4.68. The van der Waals surface area contributed by atoms with E-state index in [1.807, 2.05) is 59.7 Å². The number of esters is 2. The highest BCUT2D eigenvalue weighted by Crippen LogP contribution is 2.40. The van der Waals surface area contributed by atoms with E-state index in [1.165, 1.54) is 34.0 Å². The van der Waals surface area contributed by atoms with Crippen molar-refractivity contribution in [2.24, 2.45) is 10.8 Å². The van der Waals surface area contributed by atoms with Crippen molar-refractivity contribution in [1.82, 2.24) is 0 Å². The second-order valence-corrected chi connectivity index (χ2v) is 13.2. The van der Waals surface area contributed by atoms with E-state index in [-0.39, 0.29) is 23.8 Å². The highest BCUT2D eigenvalue weighted by atomic mass is 16.5. The fraction of sp³-hybridized carbons (Fsp3) is 0.400. The van der Waals surface area contributed by atoms with Crippen LogP contribution in [0.25, 0.3) is 10.8 Å². The van der Waals surface area contributed by atoms with Gasteiger partial charge in [0, 0.05) is 12.0 Å². The number of phenols is 2. The Morgan fingerprint density at radius 2 is 1.28 bits per heavy atom. The quantitative estimate of drug-likeness (QED) is 0.149. The molecule has 0 fully saturated rings. The molecular formula is C40H50O6. The normalized spacial score (nSPS) is 14.3. The number of carbonyl (C=O) groups is 2. The van der Waals surface area contributed by atoms with E-state index in [4.69, 9.17) is 19.7 Å². The van der Waals surface area contributed by atoms with E-state index >= 15 is 0 Å². The molecular weight excluding hydrogens is 576 g/mol. The van der Waals surface area contributed by atoms with Crippen LogP contribution in [0.4, 0.5) is 0 Å². The van der Waals surface area contributed by atoms with Crippen LogP contribution in [-0.2, 0) is 20.7 Å². The van der Waals surface area contributed by atoms with Gasteiger partial charge in [-0.2, -0.15) is 0 Å². The molecule has 0 saturated heterocycles. The van der Waals surface area contributed by atoms with Crippen LogP contribution >= 0.6 is 0 Å². The largest absolute Gasteiger partial charge is 0.508 e. The van der Waals surface area contributed by atoms with Gasteiger partial charge < -0.3 is 19.7 Å². The van der Waals surface area contributed by atoms with Crippen molar-refractivity contribution >= 4 is 22.7 Å². The van der Waals surface area contributed by atoms with E-state index in [2.05, 4.69) is 44.2 Å². The number of hydrogen-bond acceptors (Lipinski definition) is 6. The van der Waals surface area contributed by atoms with Crippen LogP contribution in [0.2, 0.25) is 0 Å². The first-order valence-corrected chi connectivity index (χ1v) is 16.2. The number of benzene rings is 4. The topological polar surface area (TPSA) is 93.1 Å². The first-order valence-electron chi connectivity index (χ1n) is 16.2. The lowest BCUT2D eigenvalue weighted by Gasteiger charge is -2.23. The van der Waals surface area contributed by atoms with Gasteiger partial charge in [0.05, 0.1) is 10.8 Å². The minimum atomic E-state index is -0.474. The molecule has 0 aliphatic heterocycles. The lowest BCUT2D eigenvalue weighted by atomic mass is 9.90. The van der Waals surface area contributed by atoms with Gasteiger partial charge in [0.1, 0.15) is 23.4 Å². The summed E-state index contributed by atoms with van der Waals surface area (Å²) >= 11 is 0. The summed E-state index contributed by atoms with van der Waals surface area (Å²) in [4.78, 5) is 24.0. The molecule has 6 nitrogen and oxygen atoms in total. The van der Waals surface area contributed by atoms with E-state index in [9.17, 15) is 9.59 Å². The SMILES string of the molecule is CCC(C)(C)C(=O)OC1Cc2cccc3cccc1c23.CCC(C)(C)C(=O)Oc1ccc(O)cc1.CCC(C)c1ccc(O)cc1. The molecule has 246 valence electrons. The van der Waals surface area contributed by atoms with Crippen molar-refractivity contribution in [3.05, 3.63) is 102 Å². The maximum absolute atomic E-state index is 12.3. The zero-order valence-electron chi connectivity index (χ0n) is 28.6. The molecule has 2 unspecified atom stereocenters. The molecule has 0 spiro atoms. The molecule has 0 heterocycles. The molecule has 2 atom stereocenters. The summed E-state index contributed by atoms with van der Waals surface area (Å²) in [6.45, 7) is 15.9. The predicted octanol–water partition coefficient (Wildman–Crippen LogP) is 10.1.